The number of carbonyl (C=O) groups excluding carboxylic acids is 4. The Morgan fingerprint density at radius 1 is 1.10 bits per heavy atom. The summed E-state index contributed by atoms with van der Waals surface area (Å²) in [5.41, 5.74) is -0.453. The summed E-state index contributed by atoms with van der Waals surface area (Å²) in [7, 11) is 0. The number of carboxylic acid groups (broad SMARTS) is 1. The molecule has 0 radical (unpaired) electrons. The fourth-order valence-electron chi connectivity index (χ4n) is 6.75. The summed E-state index contributed by atoms with van der Waals surface area (Å²) in [4.78, 5) is 69.7. The molecule has 16 heteroatoms. The number of piperidine rings is 1. The lowest BCUT2D eigenvalue weighted by Crippen LogP contribution is -2.47. The molecule has 1 aliphatic carbocycles. The zero-order valence-corrected chi connectivity index (χ0v) is 28.1. The van der Waals surface area contributed by atoms with Crippen LogP contribution in [0.2, 0.25) is 0 Å². The number of anilines is 2. The first-order valence-corrected chi connectivity index (χ1v) is 16.3. The van der Waals surface area contributed by atoms with Crippen molar-refractivity contribution in [1.29, 1.82) is 0 Å². The van der Waals surface area contributed by atoms with Crippen LogP contribution in [0.4, 0.5) is 29.5 Å². The first-order valence-electron chi connectivity index (χ1n) is 16.3. The number of likely N-dealkylation sites (tertiary alicyclic amines) is 1. The molecule has 1 aromatic carbocycles. The van der Waals surface area contributed by atoms with E-state index in [0.29, 0.717) is 35.7 Å². The van der Waals surface area contributed by atoms with Gasteiger partial charge in [0.2, 0.25) is 17.7 Å². The molecule has 2 fully saturated rings. The fourth-order valence-corrected chi connectivity index (χ4v) is 6.75. The molecule has 0 bridgehead atoms. The number of hydrogen-bond acceptors (Lipinski definition) is 7. The molecule has 4 amide bonds. The largest absolute Gasteiger partial charge is 0.465 e. The molecule has 1 saturated carbocycles. The molecule has 2 aromatic heterocycles. The highest BCUT2D eigenvalue weighted by atomic mass is 19.4. The van der Waals surface area contributed by atoms with Crippen LogP contribution in [0.3, 0.4) is 0 Å². The molecule has 0 unspecified atom stereocenters. The summed E-state index contributed by atoms with van der Waals surface area (Å²) >= 11 is 0. The van der Waals surface area contributed by atoms with E-state index in [1.165, 1.54) is 35.6 Å². The molecule has 270 valence electrons. The number of carbonyl (C=O) groups is 5. The lowest BCUT2D eigenvalue weighted by Gasteiger charge is -2.27. The van der Waals surface area contributed by atoms with Gasteiger partial charge >= 0.3 is 12.3 Å². The summed E-state index contributed by atoms with van der Waals surface area (Å²) in [6.07, 6.45) is -0.422. The van der Waals surface area contributed by atoms with Crippen LogP contribution in [-0.2, 0) is 33.5 Å². The van der Waals surface area contributed by atoms with Crippen LogP contribution in [0.5, 0.6) is 0 Å². The number of pyridine rings is 1. The van der Waals surface area contributed by atoms with E-state index in [0.717, 1.165) is 6.07 Å². The van der Waals surface area contributed by atoms with Crippen LogP contribution >= 0.6 is 0 Å². The van der Waals surface area contributed by atoms with Crippen LogP contribution in [-0.4, -0.2) is 73.0 Å². The van der Waals surface area contributed by atoms with Gasteiger partial charge in [0.1, 0.15) is 29.8 Å². The van der Waals surface area contributed by atoms with Crippen molar-refractivity contribution in [3.8, 4) is 0 Å². The Balaban J connectivity index is 1.48. The number of aryl methyl sites for hydroxylation is 1. The van der Waals surface area contributed by atoms with Gasteiger partial charge < -0.3 is 20.6 Å². The van der Waals surface area contributed by atoms with E-state index >= 15 is 0 Å². The van der Waals surface area contributed by atoms with Crippen LogP contribution in [0, 0.1) is 12.3 Å². The van der Waals surface area contributed by atoms with Gasteiger partial charge in [-0.25, -0.2) is 9.78 Å². The van der Waals surface area contributed by atoms with Gasteiger partial charge in [-0.15, -0.1) is 13.2 Å². The Hall–Kier alpha value is -5.54. The fraction of sp³-hybridized carbons (Fsp3) is 0.400. The highest BCUT2D eigenvalue weighted by Crippen LogP contribution is 2.59. The minimum atomic E-state index is -4.75. The number of Topliss-reactive ketones (excluding diaryl/α,β-unsaturated/α-hetero) is 1. The molecular formula is C35H38F3N7O6. The van der Waals surface area contributed by atoms with Crippen molar-refractivity contribution in [2.45, 2.75) is 77.2 Å². The first-order chi connectivity index (χ1) is 24.1. The Labute approximate surface area is 291 Å². The lowest BCUT2D eigenvalue weighted by molar-refractivity contribution is -0.141. The third-order valence-electron chi connectivity index (χ3n) is 9.24. The normalized spacial score (nSPS) is 19.3. The van der Waals surface area contributed by atoms with Crippen molar-refractivity contribution in [2.75, 3.05) is 17.2 Å². The zero-order valence-electron chi connectivity index (χ0n) is 28.1. The van der Waals surface area contributed by atoms with Crippen molar-refractivity contribution >= 4 is 52.0 Å². The van der Waals surface area contributed by atoms with Crippen LogP contribution < -0.4 is 16.0 Å². The van der Waals surface area contributed by atoms with Crippen molar-refractivity contribution in [3.63, 3.8) is 0 Å². The minimum Gasteiger partial charge on any atom is -0.465 e. The smallest absolute Gasteiger partial charge is 0.433 e. The zero-order chi connectivity index (χ0) is 37.2. The Morgan fingerprint density at radius 2 is 1.84 bits per heavy atom. The third kappa shape index (κ3) is 7.79. The number of halogens is 3. The quantitative estimate of drug-likeness (QED) is 0.0997. The van der Waals surface area contributed by atoms with E-state index in [1.807, 2.05) is 0 Å². The van der Waals surface area contributed by atoms with Gasteiger partial charge in [-0.2, -0.15) is 18.3 Å². The number of alkyl halides is 3. The molecule has 13 nitrogen and oxygen atoms in total. The molecule has 4 N–H and O–H groups in total. The van der Waals surface area contributed by atoms with E-state index in [2.05, 4.69) is 39.2 Å². The number of fused-ring (bicyclic) bond motifs is 2. The van der Waals surface area contributed by atoms with Gasteiger partial charge in [0.05, 0.1) is 5.52 Å². The Bertz CT molecular complexity index is 1940. The van der Waals surface area contributed by atoms with E-state index in [4.69, 9.17) is 0 Å². The Morgan fingerprint density at radius 3 is 2.49 bits per heavy atom. The van der Waals surface area contributed by atoms with Crippen LogP contribution in [0.1, 0.15) is 66.3 Å². The predicted molar refractivity (Wildman–Crippen MR) is 181 cm³/mol. The van der Waals surface area contributed by atoms with Gasteiger partial charge in [-0.1, -0.05) is 18.2 Å². The molecular weight excluding hydrogens is 671 g/mol. The van der Waals surface area contributed by atoms with Gasteiger partial charge in [-0.05, 0) is 68.4 Å². The number of allylic oxidation sites excluding steroid dienone is 2. The molecule has 51 heavy (non-hydrogen) atoms. The number of benzene rings is 1. The second-order valence-electron chi connectivity index (χ2n) is 12.9. The van der Waals surface area contributed by atoms with Crippen LogP contribution in [0.15, 0.2) is 49.6 Å². The number of aromatic nitrogens is 3. The third-order valence-corrected chi connectivity index (χ3v) is 9.24. The maximum Gasteiger partial charge on any atom is 0.433 e. The average molecular weight is 710 g/mol. The maximum absolute atomic E-state index is 14.3. The van der Waals surface area contributed by atoms with Gasteiger partial charge in [0.25, 0.3) is 0 Å². The summed E-state index contributed by atoms with van der Waals surface area (Å²) in [6.45, 7) is 9.94. The van der Waals surface area contributed by atoms with E-state index < -0.39 is 59.6 Å². The maximum atomic E-state index is 14.3. The monoisotopic (exact) mass is 709 g/mol. The topological polar surface area (TPSA) is 176 Å². The summed E-state index contributed by atoms with van der Waals surface area (Å²) in [5.74, 6) is -2.22. The van der Waals surface area contributed by atoms with Gasteiger partial charge in [0, 0.05) is 42.4 Å². The van der Waals surface area contributed by atoms with Crippen molar-refractivity contribution in [2.24, 2.45) is 5.41 Å². The van der Waals surface area contributed by atoms with E-state index in [1.54, 1.807) is 18.2 Å². The number of unbranched alkanes of at least 4 members (excludes halogenated alkanes) is 1. The van der Waals surface area contributed by atoms with Gasteiger partial charge in [-0.3, -0.25) is 29.2 Å². The molecule has 3 aromatic rings. The highest BCUT2D eigenvalue weighted by molar-refractivity contribution is 6.07. The van der Waals surface area contributed by atoms with E-state index in [9.17, 15) is 42.3 Å². The van der Waals surface area contributed by atoms with Crippen molar-refractivity contribution in [3.05, 3.63) is 72.1 Å². The second-order valence-corrected chi connectivity index (χ2v) is 12.9. The molecule has 1 saturated heterocycles. The molecule has 2 aliphatic rings. The number of nitrogens with one attached hydrogen (secondary N) is 3. The minimum absolute atomic E-state index is 0.00102. The molecule has 1 aliphatic heterocycles. The predicted octanol–water partition coefficient (Wildman–Crippen LogP) is 5.25. The number of amides is 4. The van der Waals surface area contributed by atoms with Crippen molar-refractivity contribution in [1.82, 2.24) is 25.0 Å². The number of hydrogen-bond donors (Lipinski definition) is 4. The number of rotatable bonds is 14. The number of nitrogens with zero attached hydrogens (tertiary/aromatic N) is 4. The number of ketones is 1. The Kier molecular flexibility index (Phi) is 10.3. The second kappa shape index (κ2) is 14.4. The van der Waals surface area contributed by atoms with Gasteiger partial charge in [0.15, 0.2) is 5.78 Å². The first kappa shape index (κ1) is 36.7. The highest BCUT2D eigenvalue weighted by Gasteiger charge is 2.67. The SMILES string of the molecule is C=CCCCC(=O)NC[C@@]12C[C@@H](C(=O)Nc3nc(C(F)(F)F)ccc3C)N(C(=O)Cn3nc(C(C)=O)c4cc(NC(=O)O)cc(CC=C)c43)[C@@H]1C2. The molecule has 0 spiro atoms. The average Bonchev–Trinajstić information content (AvgIpc) is 3.46. The molecule has 3 heterocycles. The van der Waals surface area contributed by atoms with Crippen molar-refractivity contribution < 1.29 is 42.3 Å². The molecule has 3 atom stereocenters. The summed E-state index contributed by atoms with van der Waals surface area (Å²) in [6, 6.07) is 3.39. The summed E-state index contributed by atoms with van der Waals surface area (Å²) in [5, 5.41) is 21.7. The summed E-state index contributed by atoms with van der Waals surface area (Å²) < 4.78 is 41.7. The lowest BCUT2D eigenvalue weighted by atomic mass is 9.98. The van der Waals surface area contributed by atoms with Crippen LogP contribution in [0.25, 0.3) is 10.9 Å². The standard InChI is InChI=1S/C35H38F3N7O6/c1-5-7-8-10-27(47)39-18-34-15-24(32(49)42-31-19(3)11-12-25(41-31)35(36,37)38)45(26(34)16-34)28(48)17-44-30-21(9-6-2)13-22(40-33(50)51)14-23(30)29(43-44)20(4)46/h5-6,11-14,24,26,40H,1-2,7-10,15-18H2,3-4H3,(H,39,47)(H,50,51)(H,41,42,49)/t24-,26+,34-/m0/s1. The molecule has 5 rings (SSSR count). The van der Waals surface area contributed by atoms with E-state index in [-0.39, 0.29) is 54.5 Å².